The van der Waals surface area contributed by atoms with Crippen LogP contribution in [0.4, 0.5) is 10.5 Å². The number of rotatable bonds is 16. The van der Waals surface area contributed by atoms with Crippen LogP contribution in [0, 0.1) is 5.41 Å². The maximum absolute atomic E-state index is 14.4. The van der Waals surface area contributed by atoms with Gasteiger partial charge in [0.25, 0.3) is 16.0 Å². The average molecular weight is 1090 g/mol. The van der Waals surface area contributed by atoms with Gasteiger partial charge >= 0.3 is 18.0 Å². The summed E-state index contributed by atoms with van der Waals surface area (Å²) in [5.41, 5.74) is -2.18. The second-order valence-electron chi connectivity index (χ2n) is 19.9. The molecule has 24 heteroatoms. The van der Waals surface area contributed by atoms with Gasteiger partial charge in [0.1, 0.15) is 40.7 Å². The van der Waals surface area contributed by atoms with E-state index in [0.29, 0.717) is 29.3 Å². The van der Waals surface area contributed by atoms with Crippen molar-refractivity contribution in [3.63, 3.8) is 0 Å². The van der Waals surface area contributed by atoms with Gasteiger partial charge in [0, 0.05) is 56.4 Å². The summed E-state index contributed by atoms with van der Waals surface area (Å²) in [5.74, 6) is -3.24. The number of amides is 4. The Morgan fingerprint density at radius 1 is 1.11 bits per heavy atom. The van der Waals surface area contributed by atoms with E-state index in [9.17, 15) is 46.8 Å². The van der Waals surface area contributed by atoms with Crippen LogP contribution in [0.15, 0.2) is 48.2 Å². The molecule has 8 atom stereocenters. The maximum Gasteiger partial charge on any atom is 0.409 e. The maximum atomic E-state index is 14.4. The zero-order chi connectivity index (χ0) is 53.9. The number of methoxy groups -OCH3 is 2. The van der Waals surface area contributed by atoms with E-state index >= 15 is 0 Å². The highest BCUT2D eigenvalue weighted by Crippen LogP contribution is 2.55. The standard InChI is InChI=1S/C48H67ClN4O16S3/c1-27-14-13-15-34(65-12)48(60)26-36(67-44(59)50-48)46(6,7)43-47(8,68-43)35(25-39(56)52(10)31-23-30(22-27)24-32(64-11)40(31)49)66-41(57)29(3)51(9)37(54)18-20-45(4,5)71-70-21-19-33(72(61,62)63)42(58)69-53-28(2)16-17-38(53)55/h13-15,23-24,29,33-36,43,60H,2,16-22,25-26H2,1,3-12H3,(H,50,59)(H,61,62,63)/b15-13+,27-14+/t29-,33?,34+,35-,36-,43-,47-,48-/m0/s1. The van der Waals surface area contributed by atoms with E-state index in [1.54, 1.807) is 45.1 Å². The number of ether oxygens (including phenoxy) is 5. The minimum absolute atomic E-state index is 0.0220. The fraction of sp³-hybridized carbons (Fsp3) is 0.625. The van der Waals surface area contributed by atoms with Gasteiger partial charge in [-0.1, -0.05) is 77.4 Å². The van der Waals surface area contributed by atoms with E-state index in [2.05, 4.69) is 11.9 Å². The minimum atomic E-state index is -4.89. The number of halogens is 1. The molecule has 0 spiro atoms. The Hall–Kier alpha value is -4.36. The second-order valence-corrected chi connectivity index (χ2v) is 25.0. The topological polar surface area (TPSA) is 257 Å². The molecule has 4 amide bonds. The summed E-state index contributed by atoms with van der Waals surface area (Å²) in [4.78, 5) is 87.7. The Morgan fingerprint density at radius 3 is 2.40 bits per heavy atom. The zero-order valence-corrected chi connectivity index (χ0v) is 45.7. The lowest BCUT2D eigenvalue weighted by atomic mass is 9.73. The van der Waals surface area contributed by atoms with Crippen LogP contribution < -0.4 is 15.0 Å². The molecular formula is C48H67ClN4O16S3. The van der Waals surface area contributed by atoms with E-state index in [1.165, 1.54) is 66.6 Å². The summed E-state index contributed by atoms with van der Waals surface area (Å²) in [6.07, 6.45) is 0.325. The number of carbonyl (C=O) groups excluding carboxylic acids is 6. The lowest BCUT2D eigenvalue weighted by Gasteiger charge is -2.45. The van der Waals surface area contributed by atoms with Crippen molar-refractivity contribution in [3.8, 4) is 5.75 Å². The van der Waals surface area contributed by atoms with Crippen LogP contribution in [0.1, 0.15) is 99.0 Å². The molecule has 4 aliphatic rings. The number of esters is 1. The summed E-state index contributed by atoms with van der Waals surface area (Å²) < 4.78 is 63.1. The number of aliphatic hydroxyl groups is 1. The molecule has 0 saturated carbocycles. The van der Waals surface area contributed by atoms with Crippen LogP contribution in [0.2, 0.25) is 5.02 Å². The Bertz CT molecular complexity index is 2450. The smallest absolute Gasteiger partial charge is 0.409 e. The number of likely N-dealkylation sites (N-methyl/N-ethyl adjacent to an activating group) is 1. The summed E-state index contributed by atoms with van der Waals surface area (Å²) in [5, 5.41) is 13.3. The van der Waals surface area contributed by atoms with E-state index in [-0.39, 0.29) is 48.6 Å². The molecule has 4 heterocycles. The first-order chi connectivity index (χ1) is 33.4. The largest absolute Gasteiger partial charge is 0.495 e. The number of hydroxylamine groups is 2. The van der Waals surface area contributed by atoms with Crippen molar-refractivity contribution in [2.24, 2.45) is 5.41 Å². The monoisotopic (exact) mass is 1090 g/mol. The van der Waals surface area contributed by atoms with Gasteiger partial charge in [0.15, 0.2) is 11.0 Å². The number of hydrogen-bond donors (Lipinski definition) is 3. The second kappa shape index (κ2) is 23.0. The van der Waals surface area contributed by atoms with E-state index in [4.69, 9.17) is 40.1 Å². The van der Waals surface area contributed by atoms with Crippen LogP contribution in [0.3, 0.4) is 0 Å². The highest BCUT2D eigenvalue weighted by atomic mass is 35.5. The fourth-order valence-corrected chi connectivity index (χ4v) is 12.6. The third-order valence-electron chi connectivity index (χ3n) is 13.5. The van der Waals surface area contributed by atoms with Gasteiger partial charge in [0.2, 0.25) is 11.8 Å². The number of nitrogens with one attached hydrogen (secondary N) is 1. The third-order valence-corrected chi connectivity index (χ3v) is 18.4. The predicted molar refractivity (Wildman–Crippen MR) is 270 cm³/mol. The van der Waals surface area contributed by atoms with Gasteiger partial charge in [-0.05, 0) is 78.0 Å². The number of carbonyl (C=O) groups is 6. The van der Waals surface area contributed by atoms with Gasteiger partial charge in [-0.3, -0.25) is 24.3 Å². The molecule has 0 aliphatic carbocycles. The Balaban J connectivity index is 1.32. The third kappa shape index (κ3) is 13.7. The predicted octanol–water partition coefficient (Wildman–Crippen LogP) is 6.09. The SMILES string of the molecule is C=C1CCC(=O)N1OC(=O)C(CCSSC(C)(C)CCC(=O)N(C)[C@@H](C)C(=O)O[C@H]1CC(=O)N(C)c2cc(cc(OC)c2Cl)C/C(C)=C/C=C/[C@@H](OC)[C@@]2(O)C[C@H](OC(=O)N2)C(C)(C)[C@@H]2O[C@@]12C)S(=O)(=O)O. The molecule has 5 rings (SSSR count). The summed E-state index contributed by atoms with van der Waals surface area (Å²) in [6.45, 7) is 16.0. The van der Waals surface area contributed by atoms with Crippen molar-refractivity contribution in [2.45, 2.75) is 152 Å². The molecule has 4 bridgehead atoms. The van der Waals surface area contributed by atoms with E-state index in [0.717, 1.165) is 11.1 Å². The summed E-state index contributed by atoms with van der Waals surface area (Å²) in [7, 11) is 3.49. The first kappa shape index (κ1) is 58.5. The van der Waals surface area contributed by atoms with Gasteiger partial charge in [-0.25, -0.2) is 14.4 Å². The first-order valence-corrected chi connectivity index (χ1v) is 27.4. The number of nitrogens with zero attached hydrogens (tertiary/aromatic N) is 3. The number of allylic oxidation sites excluding steroid dienone is 4. The van der Waals surface area contributed by atoms with Crippen molar-refractivity contribution in [1.29, 1.82) is 0 Å². The van der Waals surface area contributed by atoms with Crippen LogP contribution >= 0.6 is 33.2 Å². The van der Waals surface area contributed by atoms with Crippen molar-refractivity contribution in [3.05, 3.63) is 58.8 Å². The first-order valence-electron chi connectivity index (χ1n) is 23.2. The molecule has 4 aliphatic heterocycles. The average Bonchev–Trinajstić information content (AvgIpc) is 3.92. The molecule has 72 heavy (non-hydrogen) atoms. The van der Waals surface area contributed by atoms with Crippen LogP contribution in [-0.4, -0.2) is 150 Å². The molecule has 1 aromatic rings. The molecule has 1 aromatic carbocycles. The molecule has 0 radical (unpaired) electrons. The number of anilines is 1. The Morgan fingerprint density at radius 2 is 1.79 bits per heavy atom. The molecule has 3 fully saturated rings. The fourth-order valence-electron chi connectivity index (χ4n) is 8.77. The number of alkyl carbamates (subject to hydrolysis) is 1. The van der Waals surface area contributed by atoms with E-state index in [1.807, 2.05) is 26.8 Å². The lowest BCUT2D eigenvalue weighted by Crippen LogP contribution is -2.65. The molecule has 400 valence electrons. The Labute approximate surface area is 433 Å². The number of hydrogen-bond acceptors (Lipinski definition) is 17. The normalized spacial score (nSPS) is 27.8. The van der Waals surface area contributed by atoms with Gasteiger partial charge < -0.3 is 43.4 Å². The number of benzene rings is 1. The van der Waals surface area contributed by atoms with Crippen molar-refractivity contribution in [1.82, 2.24) is 15.3 Å². The van der Waals surface area contributed by atoms with Crippen LogP contribution in [0.25, 0.3) is 0 Å². The highest BCUT2D eigenvalue weighted by molar-refractivity contribution is 8.77. The van der Waals surface area contributed by atoms with Gasteiger partial charge in [-0.2, -0.15) is 8.42 Å². The summed E-state index contributed by atoms with van der Waals surface area (Å²) in [6, 6.07) is 2.36. The quantitative estimate of drug-likeness (QED) is 0.0557. The summed E-state index contributed by atoms with van der Waals surface area (Å²) >= 11 is 6.82. The minimum Gasteiger partial charge on any atom is -0.495 e. The van der Waals surface area contributed by atoms with E-state index < -0.39 is 109 Å². The molecule has 3 saturated heterocycles. The number of fused-ring (bicyclic) bond motifs is 5. The highest BCUT2D eigenvalue weighted by Gasteiger charge is 2.68. The van der Waals surface area contributed by atoms with Crippen molar-refractivity contribution in [2.75, 3.05) is 39.0 Å². The molecule has 0 aromatic heterocycles. The molecule has 3 N–H and O–H groups in total. The number of epoxide rings is 1. The Kier molecular flexibility index (Phi) is 18.7. The molecule has 20 nitrogen and oxygen atoms in total. The molecular weight excluding hydrogens is 1020 g/mol. The van der Waals surface area contributed by atoms with Crippen LogP contribution in [0.5, 0.6) is 5.75 Å². The van der Waals surface area contributed by atoms with Crippen molar-refractivity contribution >= 4 is 84.7 Å². The van der Waals surface area contributed by atoms with Crippen molar-refractivity contribution < 1.29 is 75.4 Å². The van der Waals surface area contributed by atoms with Gasteiger partial charge in [0.05, 0.1) is 31.0 Å². The van der Waals surface area contributed by atoms with Crippen LogP contribution in [-0.2, 0) is 64.3 Å². The lowest BCUT2D eigenvalue weighted by molar-refractivity contribution is -0.186. The zero-order valence-electron chi connectivity index (χ0n) is 42.5. The molecule has 1 unspecified atom stereocenters. The van der Waals surface area contributed by atoms with Gasteiger partial charge in [-0.15, -0.1) is 5.06 Å².